The van der Waals surface area contributed by atoms with Gasteiger partial charge in [0.2, 0.25) is 5.95 Å². The second kappa shape index (κ2) is 8.06. The van der Waals surface area contributed by atoms with Gasteiger partial charge in [-0.1, -0.05) is 6.07 Å². The van der Waals surface area contributed by atoms with E-state index in [1.165, 1.54) is 24.5 Å². The van der Waals surface area contributed by atoms with E-state index < -0.39 is 10.0 Å². The highest BCUT2D eigenvalue weighted by Gasteiger charge is 2.15. The molecule has 1 aromatic carbocycles. The minimum atomic E-state index is -3.77. The molecule has 10 heteroatoms. The molecule has 0 fully saturated rings. The first-order valence-corrected chi connectivity index (χ1v) is 9.72. The Morgan fingerprint density at radius 3 is 2.30 bits per heavy atom. The normalized spacial score (nSPS) is 10.9. The first-order chi connectivity index (χ1) is 12.9. The largest absolute Gasteiger partial charge is 0.332 e. The van der Waals surface area contributed by atoms with E-state index in [9.17, 15) is 8.42 Å². The Balaban J connectivity index is 1.64. The van der Waals surface area contributed by atoms with Crippen LogP contribution in [-0.2, 0) is 10.0 Å². The molecule has 2 aromatic heterocycles. The molecule has 0 aliphatic rings. The molecule has 0 aliphatic carbocycles. The van der Waals surface area contributed by atoms with Crippen LogP contribution in [-0.4, -0.2) is 28.5 Å². The van der Waals surface area contributed by atoms with E-state index in [0.29, 0.717) is 16.6 Å². The fourth-order valence-corrected chi connectivity index (χ4v) is 3.25. The fraction of sp³-hybridized carbons (Fsp3) is 0.0588. The monoisotopic (exact) mass is 400 g/mol. The molecule has 0 amide bonds. The highest BCUT2D eigenvalue weighted by atomic mass is 32.2. The van der Waals surface area contributed by atoms with Crippen molar-refractivity contribution in [2.45, 2.75) is 11.8 Å². The summed E-state index contributed by atoms with van der Waals surface area (Å²) in [5.74, 6) is 0.625. The maximum atomic E-state index is 12.3. The molecule has 8 nitrogen and oxygen atoms in total. The summed E-state index contributed by atoms with van der Waals surface area (Å²) < 4.78 is 27.0. The molecule has 3 rings (SSSR count). The van der Waals surface area contributed by atoms with Crippen molar-refractivity contribution in [2.24, 2.45) is 0 Å². The Morgan fingerprint density at radius 2 is 1.67 bits per heavy atom. The zero-order valence-corrected chi connectivity index (χ0v) is 15.9. The van der Waals surface area contributed by atoms with E-state index in [4.69, 9.17) is 12.2 Å². The van der Waals surface area contributed by atoms with E-state index in [1.807, 2.05) is 19.1 Å². The van der Waals surface area contributed by atoms with Crippen molar-refractivity contribution in [3.05, 3.63) is 66.6 Å². The minimum absolute atomic E-state index is 0.00989. The lowest BCUT2D eigenvalue weighted by Crippen LogP contribution is -2.20. The van der Waals surface area contributed by atoms with Gasteiger partial charge in [-0.05, 0) is 61.1 Å². The zero-order chi connectivity index (χ0) is 19.3. The van der Waals surface area contributed by atoms with Gasteiger partial charge in [0.1, 0.15) is 5.82 Å². The number of thiocarbonyl (C=S) groups is 1. The van der Waals surface area contributed by atoms with E-state index in [1.54, 1.807) is 24.4 Å². The number of nitrogens with one attached hydrogen (secondary N) is 3. The lowest BCUT2D eigenvalue weighted by molar-refractivity contribution is 0.601. The van der Waals surface area contributed by atoms with Crippen LogP contribution >= 0.6 is 12.2 Å². The summed E-state index contributed by atoms with van der Waals surface area (Å²) in [5.41, 5.74) is 1.68. The van der Waals surface area contributed by atoms with Gasteiger partial charge in [0.15, 0.2) is 5.11 Å². The maximum Gasteiger partial charge on any atom is 0.264 e. The molecule has 0 bridgehead atoms. The predicted octanol–water partition coefficient (Wildman–Crippen LogP) is 2.79. The molecule has 0 aliphatic heterocycles. The number of benzene rings is 1. The fourth-order valence-electron chi connectivity index (χ4n) is 2.07. The second-order valence-corrected chi connectivity index (χ2v) is 7.59. The molecule has 0 unspecified atom stereocenters. The maximum absolute atomic E-state index is 12.3. The van der Waals surface area contributed by atoms with Crippen molar-refractivity contribution in [3.8, 4) is 0 Å². The molecule has 0 spiro atoms. The quantitative estimate of drug-likeness (QED) is 0.561. The second-order valence-electron chi connectivity index (χ2n) is 5.50. The van der Waals surface area contributed by atoms with Crippen LogP contribution in [0.1, 0.15) is 5.56 Å². The first-order valence-electron chi connectivity index (χ1n) is 7.83. The van der Waals surface area contributed by atoms with Gasteiger partial charge in [0.05, 0.1) is 4.90 Å². The van der Waals surface area contributed by atoms with Crippen LogP contribution in [0.5, 0.6) is 0 Å². The van der Waals surface area contributed by atoms with E-state index in [2.05, 4.69) is 30.3 Å². The van der Waals surface area contributed by atoms with Gasteiger partial charge < -0.3 is 10.6 Å². The Kier molecular flexibility index (Phi) is 5.57. The smallest absolute Gasteiger partial charge is 0.264 e. The molecule has 0 atom stereocenters. The van der Waals surface area contributed by atoms with Crippen LogP contribution < -0.4 is 15.4 Å². The molecule has 2 heterocycles. The number of rotatable bonds is 5. The van der Waals surface area contributed by atoms with Gasteiger partial charge >= 0.3 is 0 Å². The number of nitrogens with zero attached hydrogens (tertiary/aromatic N) is 3. The lowest BCUT2D eigenvalue weighted by atomic mass is 10.3. The van der Waals surface area contributed by atoms with Crippen LogP contribution in [0.3, 0.4) is 0 Å². The van der Waals surface area contributed by atoms with Crippen molar-refractivity contribution < 1.29 is 8.42 Å². The summed E-state index contributed by atoms with van der Waals surface area (Å²) >= 11 is 5.23. The highest BCUT2D eigenvalue weighted by molar-refractivity contribution is 7.92. The Labute approximate surface area is 162 Å². The molecule has 0 saturated carbocycles. The number of hydrogen-bond acceptors (Lipinski definition) is 6. The van der Waals surface area contributed by atoms with Crippen LogP contribution in [0.2, 0.25) is 0 Å². The van der Waals surface area contributed by atoms with Crippen LogP contribution in [0.15, 0.2) is 66.0 Å². The third-order valence-electron chi connectivity index (χ3n) is 3.37. The first kappa shape index (κ1) is 18.7. The van der Waals surface area contributed by atoms with Gasteiger partial charge in [0.25, 0.3) is 10.0 Å². The average Bonchev–Trinajstić information content (AvgIpc) is 2.64. The highest BCUT2D eigenvalue weighted by Crippen LogP contribution is 2.16. The SMILES string of the molecule is Cc1ccc(NC(=S)Nc2ccc(S(=O)(=O)Nc3ncccn3)cc2)nc1. The number of anilines is 3. The molecular weight excluding hydrogens is 384 g/mol. The van der Waals surface area contributed by atoms with Crippen LogP contribution in [0.25, 0.3) is 0 Å². The van der Waals surface area contributed by atoms with Gasteiger partial charge in [-0.15, -0.1) is 0 Å². The van der Waals surface area contributed by atoms with Gasteiger partial charge in [0, 0.05) is 24.3 Å². The van der Waals surface area contributed by atoms with Gasteiger partial charge in [-0.3, -0.25) is 0 Å². The number of aromatic nitrogens is 3. The summed E-state index contributed by atoms with van der Waals surface area (Å²) in [6, 6.07) is 11.5. The minimum Gasteiger partial charge on any atom is -0.332 e. The standard InChI is InChI=1S/C17H16N6O2S2/c1-12-3-8-15(20-11-12)22-17(26)21-13-4-6-14(7-5-13)27(24,25)23-16-18-9-2-10-19-16/h2-11H,1H3,(H,18,19,23)(H2,20,21,22,26). The summed E-state index contributed by atoms with van der Waals surface area (Å²) in [6.07, 6.45) is 4.64. The molecule has 138 valence electrons. The molecule has 3 N–H and O–H groups in total. The van der Waals surface area contributed by atoms with E-state index in [-0.39, 0.29) is 10.8 Å². The van der Waals surface area contributed by atoms with Crippen molar-refractivity contribution in [3.63, 3.8) is 0 Å². The summed E-state index contributed by atoms with van der Waals surface area (Å²) in [6.45, 7) is 1.95. The molecular formula is C17H16N6O2S2. The number of aryl methyl sites for hydroxylation is 1. The number of sulfonamides is 1. The van der Waals surface area contributed by atoms with E-state index in [0.717, 1.165) is 5.56 Å². The van der Waals surface area contributed by atoms with Gasteiger partial charge in [-0.2, -0.15) is 0 Å². The summed E-state index contributed by atoms with van der Waals surface area (Å²) in [7, 11) is -3.77. The van der Waals surface area contributed by atoms with Crippen LogP contribution in [0, 0.1) is 6.92 Å². The van der Waals surface area contributed by atoms with Crippen molar-refractivity contribution >= 4 is 44.8 Å². The average molecular weight is 400 g/mol. The molecule has 3 aromatic rings. The molecule has 0 radical (unpaired) electrons. The zero-order valence-electron chi connectivity index (χ0n) is 14.2. The number of pyridine rings is 1. The molecule has 27 heavy (non-hydrogen) atoms. The Hall–Kier alpha value is -3.11. The Morgan fingerprint density at radius 1 is 0.963 bits per heavy atom. The van der Waals surface area contributed by atoms with Crippen molar-refractivity contribution in [1.82, 2.24) is 15.0 Å². The number of hydrogen-bond donors (Lipinski definition) is 3. The van der Waals surface area contributed by atoms with Gasteiger partial charge in [-0.25, -0.2) is 28.1 Å². The van der Waals surface area contributed by atoms with Crippen molar-refractivity contribution in [1.29, 1.82) is 0 Å². The molecule has 0 saturated heterocycles. The summed E-state index contributed by atoms with van der Waals surface area (Å²) in [5, 5.41) is 6.28. The lowest BCUT2D eigenvalue weighted by Gasteiger charge is -2.11. The topological polar surface area (TPSA) is 109 Å². The Bertz CT molecular complexity index is 1020. The summed E-state index contributed by atoms with van der Waals surface area (Å²) in [4.78, 5) is 12.0. The van der Waals surface area contributed by atoms with Crippen molar-refractivity contribution in [2.75, 3.05) is 15.4 Å². The third kappa shape index (κ3) is 5.19. The van der Waals surface area contributed by atoms with E-state index >= 15 is 0 Å². The van der Waals surface area contributed by atoms with Crippen LogP contribution in [0.4, 0.5) is 17.5 Å². The predicted molar refractivity (Wildman–Crippen MR) is 108 cm³/mol. The third-order valence-corrected chi connectivity index (χ3v) is 4.92.